The highest BCUT2D eigenvalue weighted by atomic mass is 16.5. The van der Waals surface area contributed by atoms with Gasteiger partial charge in [0.2, 0.25) is 11.8 Å². The van der Waals surface area contributed by atoms with E-state index < -0.39 is 0 Å². The molecule has 0 saturated carbocycles. The molecule has 1 aromatic carbocycles. The van der Waals surface area contributed by atoms with Crippen LogP contribution in [0.3, 0.4) is 0 Å². The second-order valence-electron chi connectivity index (χ2n) is 8.89. The Labute approximate surface area is 174 Å². The number of nitrogens with zero attached hydrogens (tertiary/aromatic N) is 3. The Hall–Kier alpha value is -1.96. The minimum Gasteiger partial charge on any atom is -0.379 e. The first-order valence-corrected chi connectivity index (χ1v) is 10.5. The lowest BCUT2D eigenvalue weighted by Crippen LogP contribution is -2.53. The van der Waals surface area contributed by atoms with E-state index in [1.54, 1.807) is 0 Å². The summed E-state index contributed by atoms with van der Waals surface area (Å²) in [4.78, 5) is 31.3. The Bertz CT molecular complexity index is 702. The summed E-state index contributed by atoms with van der Waals surface area (Å²) in [5.74, 6) is 0.171. The van der Waals surface area contributed by atoms with Crippen LogP contribution in [0, 0.1) is 0 Å². The number of hydrogen-bond acceptors (Lipinski definition) is 5. The van der Waals surface area contributed by atoms with E-state index in [2.05, 4.69) is 42.0 Å². The van der Waals surface area contributed by atoms with Crippen LogP contribution >= 0.6 is 0 Å². The Morgan fingerprint density at radius 1 is 0.931 bits per heavy atom. The Balaban J connectivity index is 1.45. The smallest absolute Gasteiger partial charge is 0.238 e. The highest BCUT2D eigenvalue weighted by Gasteiger charge is 2.25. The highest BCUT2D eigenvalue weighted by Crippen LogP contribution is 2.29. The van der Waals surface area contributed by atoms with Gasteiger partial charge in [0.05, 0.1) is 26.3 Å². The van der Waals surface area contributed by atoms with Crippen molar-refractivity contribution in [3.8, 4) is 0 Å². The fraction of sp³-hybridized carbons (Fsp3) is 0.636. The molecule has 160 valence electrons. The predicted octanol–water partition coefficient (Wildman–Crippen LogP) is 1.40. The molecular weight excluding hydrogens is 368 g/mol. The summed E-state index contributed by atoms with van der Waals surface area (Å²) in [5.41, 5.74) is 1.98. The van der Waals surface area contributed by atoms with Gasteiger partial charge in [0.1, 0.15) is 0 Å². The van der Waals surface area contributed by atoms with Crippen LogP contribution in [0.2, 0.25) is 0 Å². The third kappa shape index (κ3) is 6.26. The molecule has 7 heteroatoms. The zero-order chi connectivity index (χ0) is 20.9. The van der Waals surface area contributed by atoms with Crippen molar-refractivity contribution in [2.45, 2.75) is 26.2 Å². The first-order chi connectivity index (χ1) is 13.8. The summed E-state index contributed by atoms with van der Waals surface area (Å²) in [6, 6.07) is 7.97. The van der Waals surface area contributed by atoms with Gasteiger partial charge in [-0.25, -0.2) is 0 Å². The normalized spacial score (nSPS) is 19.2. The number of para-hydroxylation sites is 1. The van der Waals surface area contributed by atoms with Crippen molar-refractivity contribution in [1.82, 2.24) is 14.7 Å². The topological polar surface area (TPSA) is 65.1 Å². The van der Waals surface area contributed by atoms with Crippen LogP contribution in [0.4, 0.5) is 5.69 Å². The third-order valence-electron chi connectivity index (χ3n) is 5.56. The van der Waals surface area contributed by atoms with Crippen molar-refractivity contribution in [2.75, 3.05) is 70.9 Å². The molecule has 29 heavy (non-hydrogen) atoms. The van der Waals surface area contributed by atoms with E-state index in [9.17, 15) is 9.59 Å². The largest absolute Gasteiger partial charge is 0.379 e. The van der Waals surface area contributed by atoms with Gasteiger partial charge in [-0.15, -0.1) is 0 Å². The SMILES string of the molecule is CC(C)(C)c1ccccc1NC(=O)CN1CCN(C(=O)CN2CCOCC2)CC1. The molecule has 1 aromatic rings. The monoisotopic (exact) mass is 402 g/mol. The van der Waals surface area contributed by atoms with Crippen LogP contribution in [0.15, 0.2) is 24.3 Å². The second kappa shape index (κ2) is 9.69. The lowest BCUT2D eigenvalue weighted by molar-refractivity contribution is -0.135. The third-order valence-corrected chi connectivity index (χ3v) is 5.56. The van der Waals surface area contributed by atoms with Crippen molar-refractivity contribution in [3.05, 3.63) is 29.8 Å². The maximum Gasteiger partial charge on any atom is 0.238 e. The van der Waals surface area contributed by atoms with E-state index in [0.29, 0.717) is 39.4 Å². The molecule has 2 fully saturated rings. The quantitative estimate of drug-likeness (QED) is 0.807. The van der Waals surface area contributed by atoms with E-state index in [1.165, 1.54) is 0 Å². The molecule has 0 spiro atoms. The number of anilines is 1. The minimum atomic E-state index is -0.0314. The molecule has 0 aromatic heterocycles. The molecule has 3 rings (SSSR count). The number of hydrogen-bond donors (Lipinski definition) is 1. The lowest BCUT2D eigenvalue weighted by atomic mass is 9.86. The molecule has 0 bridgehead atoms. The number of amides is 2. The van der Waals surface area contributed by atoms with Gasteiger partial charge in [0.25, 0.3) is 0 Å². The first-order valence-electron chi connectivity index (χ1n) is 10.5. The number of nitrogens with one attached hydrogen (secondary N) is 1. The van der Waals surface area contributed by atoms with Gasteiger partial charge in [0, 0.05) is 45.0 Å². The summed E-state index contributed by atoms with van der Waals surface area (Å²) in [6.07, 6.45) is 0. The number of piperazine rings is 1. The maximum absolute atomic E-state index is 12.6. The number of carbonyl (C=O) groups is 2. The van der Waals surface area contributed by atoms with Crippen molar-refractivity contribution >= 4 is 17.5 Å². The molecule has 0 unspecified atom stereocenters. The molecule has 1 N–H and O–H groups in total. The molecule has 0 atom stereocenters. The molecule has 2 saturated heterocycles. The number of rotatable bonds is 5. The standard InChI is InChI=1S/C22H34N4O3/c1-22(2,3)18-6-4-5-7-19(18)23-20(27)16-24-8-10-26(11-9-24)21(28)17-25-12-14-29-15-13-25/h4-7H,8-17H2,1-3H3,(H,23,27). The van der Waals surface area contributed by atoms with Gasteiger partial charge in [-0.3, -0.25) is 19.4 Å². The van der Waals surface area contributed by atoms with E-state index in [-0.39, 0.29) is 17.2 Å². The molecule has 0 aliphatic carbocycles. The average Bonchev–Trinajstić information content (AvgIpc) is 2.69. The summed E-state index contributed by atoms with van der Waals surface area (Å²) < 4.78 is 5.34. The Morgan fingerprint density at radius 2 is 1.55 bits per heavy atom. The molecular formula is C22H34N4O3. The summed E-state index contributed by atoms with van der Waals surface area (Å²) in [7, 11) is 0. The van der Waals surface area contributed by atoms with Gasteiger partial charge in [0.15, 0.2) is 0 Å². The molecule has 2 amide bonds. The van der Waals surface area contributed by atoms with Gasteiger partial charge < -0.3 is 15.0 Å². The van der Waals surface area contributed by atoms with Crippen LogP contribution in [0.5, 0.6) is 0 Å². The highest BCUT2D eigenvalue weighted by molar-refractivity contribution is 5.93. The van der Waals surface area contributed by atoms with Crippen LogP contribution < -0.4 is 5.32 Å². The fourth-order valence-electron chi connectivity index (χ4n) is 3.84. The molecule has 0 radical (unpaired) electrons. The van der Waals surface area contributed by atoms with Crippen LogP contribution in [-0.4, -0.2) is 92.1 Å². The zero-order valence-corrected chi connectivity index (χ0v) is 17.9. The van der Waals surface area contributed by atoms with Gasteiger partial charge in [-0.2, -0.15) is 0 Å². The summed E-state index contributed by atoms with van der Waals surface area (Å²) >= 11 is 0. The number of morpholine rings is 1. The molecule has 2 heterocycles. The van der Waals surface area contributed by atoms with E-state index in [0.717, 1.165) is 37.4 Å². The Morgan fingerprint density at radius 3 is 2.21 bits per heavy atom. The number of carbonyl (C=O) groups excluding carboxylic acids is 2. The second-order valence-corrected chi connectivity index (χ2v) is 8.89. The van der Waals surface area contributed by atoms with Crippen molar-refractivity contribution in [3.63, 3.8) is 0 Å². The van der Waals surface area contributed by atoms with E-state index in [4.69, 9.17) is 4.74 Å². The van der Waals surface area contributed by atoms with Crippen molar-refractivity contribution in [1.29, 1.82) is 0 Å². The molecule has 7 nitrogen and oxygen atoms in total. The van der Waals surface area contributed by atoms with Crippen LogP contribution in [-0.2, 0) is 19.7 Å². The number of benzene rings is 1. The van der Waals surface area contributed by atoms with Gasteiger partial charge >= 0.3 is 0 Å². The predicted molar refractivity (Wildman–Crippen MR) is 114 cm³/mol. The maximum atomic E-state index is 12.6. The average molecular weight is 403 g/mol. The molecule has 2 aliphatic rings. The summed E-state index contributed by atoms with van der Waals surface area (Å²) in [6.45, 7) is 13.1. The van der Waals surface area contributed by atoms with Crippen molar-refractivity contribution in [2.24, 2.45) is 0 Å². The lowest BCUT2D eigenvalue weighted by Gasteiger charge is -2.36. The van der Waals surface area contributed by atoms with Gasteiger partial charge in [-0.1, -0.05) is 39.0 Å². The van der Waals surface area contributed by atoms with Gasteiger partial charge in [-0.05, 0) is 17.0 Å². The summed E-state index contributed by atoms with van der Waals surface area (Å²) in [5, 5.41) is 3.07. The zero-order valence-electron chi connectivity index (χ0n) is 17.9. The fourth-order valence-corrected chi connectivity index (χ4v) is 3.84. The molecule has 2 aliphatic heterocycles. The minimum absolute atomic E-state index is 0.00482. The number of ether oxygens (including phenoxy) is 1. The van der Waals surface area contributed by atoms with Crippen LogP contribution in [0.25, 0.3) is 0 Å². The van der Waals surface area contributed by atoms with E-state index in [1.807, 2.05) is 23.1 Å². The van der Waals surface area contributed by atoms with Crippen molar-refractivity contribution < 1.29 is 14.3 Å². The van der Waals surface area contributed by atoms with Crippen LogP contribution in [0.1, 0.15) is 26.3 Å². The Kier molecular flexibility index (Phi) is 7.27. The first kappa shape index (κ1) is 21.7. The van der Waals surface area contributed by atoms with E-state index >= 15 is 0 Å².